The molecule has 1 aromatic rings. The van der Waals surface area contributed by atoms with E-state index >= 15 is 0 Å². The number of hydrogen-bond acceptors (Lipinski definition) is 3. The summed E-state index contributed by atoms with van der Waals surface area (Å²) in [6.45, 7) is 8.64. The molecule has 1 N–H and O–H groups in total. The van der Waals surface area contributed by atoms with Crippen molar-refractivity contribution in [3.63, 3.8) is 0 Å². The summed E-state index contributed by atoms with van der Waals surface area (Å²) in [5.74, 6) is 1.65. The van der Waals surface area contributed by atoms with Crippen molar-refractivity contribution in [2.45, 2.75) is 40.0 Å². The average molecular weight is 275 g/mol. The minimum Gasteiger partial charge on any atom is -0.370 e. The van der Waals surface area contributed by atoms with Crippen molar-refractivity contribution in [3.05, 3.63) is 23.4 Å². The summed E-state index contributed by atoms with van der Waals surface area (Å²) in [6.07, 6.45) is 3.58. The number of nitrogens with zero attached hydrogens (tertiary/aromatic N) is 2. The van der Waals surface area contributed by atoms with Gasteiger partial charge in [-0.05, 0) is 51.2 Å². The molecular formula is C16H25N3O. The molecule has 0 aliphatic heterocycles. The number of amides is 1. The van der Waals surface area contributed by atoms with Gasteiger partial charge in [0, 0.05) is 30.9 Å². The number of rotatable bonds is 7. The van der Waals surface area contributed by atoms with Gasteiger partial charge in [-0.25, -0.2) is 4.98 Å². The third kappa shape index (κ3) is 3.95. The molecule has 0 atom stereocenters. The number of nitrogens with one attached hydrogen (secondary N) is 1. The Bertz CT molecular complexity index is 469. The summed E-state index contributed by atoms with van der Waals surface area (Å²) < 4.78 is 0. The number of anilines is 1. The largest absolute Gasteiger partial charge is 0.370 e. The molecule has 1 saturated carbocycles. The lowest BCUT2D eigenvalue weighted by molar-refractivity contribution is 0.0756. The van der Waals surface area contributed by atoms with Gasteiger partial charge in [-0.1, -0.05) is 6.92 Å². The van der Waals surface area contributed by atoms with Crippen molar-refractivity contribution < 1.29 is 4.79 Å². The number of aryl methyl sites for hydroxylation is 1. The highest BCUT2D eigenvalue weighted by atomic mass is 16.2. The fourth-order valence-electron chi connectivity index (χ4n) is 2.29. The summed E-state index contributed by atoms with van der Waals surface area (Å²) >= 11 is 0. The first-order valence-corrected chi connectivity index (χ1v) is 7.65. The number of carbonyl (C=O) groups is 1. The van der Waals surface area contributed by atoms with Gasteiger partial charge >= 0.3 is 0 Å². The first kappa shape index (κ1) is 14.8. The summed E-state index contributed by atoms with van der Waals surface area (Å²) in [6, 6.07) is 3.76. The Labute approximate surface area is 121 Å². The Kier molecular flexibility index (Phi) is 4.99. The number of carbonyl (C=O) groups excluding carboxylic acids is 1. The van der Waals surface area contributed by atoms with Gasteiger partial charge in [0.05, 0.1) is 0 Å². The van der Waals surface area contributed by atoms with Gasteiger partial charge in [0.2, 0.25) is 0 Å². The SMILES string of the molecule is CCCNc1cc(C(=O)N(CC)CC2CC2)cc(C)n1. The van der Waals surface area contributed by atoms with Crippen molar-refractivity contribution in [2.24, 2.45) is 5.92 Å². The van der Waals surface area contributed by atoms with Gasteiger partial charge < -0.3 is 10.2 Å². The monoisotopic (exact) mass is 275 g/mol. The van der Waals surface area contributed by atoms with Crippen LogP contribution in [0.15, 0.2) is 12.1 Å². The third-order valence-corrected chi connectivity index (χ3v) is 3.60. The molecule has 0 saturated heterocycles. The van der Waals surface area contributed by atoms with Crippen LogP contribution in [0.1, 0.15) is 49.2 Å². The van der Waals surface area contributed by atoms with E-state index in [2.05, 4.69) is 17.2 Å². The Balaban J connectivity index is 2.12. The highest BCUT2D eigenvalue weighted by Gasteiger charge is 2.26. The lowest BCUT2D eigenvalue weighted by Crippen LogP contribution is -2.32. The number of pyridine rings is 1. The van der Waals surface area contributed by atoms with Gasteiger partial charge in [-0.15, -0.1) is 0 Å². The van der Waals surface area contributed by atoms with E-state index in [4.69, 9.17) is 0 Å². The molecule has 0 aromatic carbocycles. The first-order valence-electron chi connectivity index (χ1n) is 7.65. The van der Waals surface area contributed by atoms with E-state index in [0.29, 0.717) is 0 Å². The van der Waals surface area contributed by atoms with Gasteiger partial charge in [0.25, 0.3) is 5.91 Å². The average Bonchev–Trinajstić information content (AvgIpc) is 3.25. The van der Waals surface area contributed by atoms with Crippen LogP contribution in [0.5, 0.6) is 0 Å². The molecular weight excluding hydrogens is 250 g/mol. The first-order chi connectivity index (χ1) is 9.63. The quantitative estimate of drug-likeness (QED) is 0.831. The topological polar surface area (TPSA) is 45.2 Å². The molecule has 0 spiro atoms. The fraction of sp³-hybridized carbons (Fsp3) is 0.625. The molecule has 1 heterocycles. The van der Waals surface area contributed by atoms with E-state index in [1.54, 1.807) is 0 Å². The highest BCUT2D eigenvalue weighted by Crippen LogP contribution is 2.30. The molecule has 0 radical (unpaired) electrons. The predicted octanol–water partition coefficient (Wildman–Crippen LogP) is 3.08. The molecule has 1 amide bonds. The molecule has 2 rings (SSSR count). The molecule has 1 fully saturated rings. The molecule has 110 valence electrons. The molecule has 1 aliphatic rings. The molecule has 0 bridgehead atoms. The maximum absolute atomic E-state index is 12.6. The minimum absolute atomic E-state index is 0.129. The molecule has 0 unspecified atom stereocenters. The number of hydrogen-bond donors (Lipinski definition) is 1. The van der Waals surface area contributed by atoms with E-state index < -0.39 is 0 Å². The smallest absolute Gasteiger partial charge is 0.254 e. The third-order valence-electron chi connectivity index (χ3n) is 3.60. The molecule has 20 heavy (non-hydrogen) atoms. The summed E-state index contributed by atoms with van der Waals surface area (Å²) in [5, 5.41) is 3.26. The van der Waals surface area contributed by atoms with Crippen LogP contribution in [0.25, 0.3) is 0 Å². The van der Waals surface area contributed by atoms with Crippen LogP contribution < -0.4 is 5.32 Å². The summed E-state index contributed by atoms with van der Waals surface area (Å²) in [5.41, 5.74) is 1.63. The summed E-state index contributed by atoms with van der Waals surface area (Å²) in [4.78, 5) is 19.0. The van der Waals surface area contributed by atoms with E-state index in [1.165, 1.54) is 12.8 Å². The van der Waals surface area contributed by atoms with Crippen LogP contribution in [0, 0.1) is 12.8 Å². The normalized spacial score (nSPS) is 14.2. The van der Waals surface area contributed by atoms with E-state index in [-0.39, 0.29) is 5.91 Å². The second kappa shape index (κ2) is 6.73. The maximum atomic E-state index is 12.6. The second-order valence-corrected chi connectivity index (χ2v) is 5.60. The van der Waals surface area contributed by atoms with Crippen LogP contribution in [0.4, 0.5) is 5.82 Å². The maximum Gasteiger partial charge on any atom is 0.254 e. The van der Waals surface area contributed by atoms with Crippen molar-refractivity contribution >= 4 is 11.7 Å². The van der Waals surface area contributed by atoms with Crippen molar-refractivity contribution in [1.29, 1.82) is 0 Å². The van der Waals surface area contributed by atoms with Crippen molar-refractivity contribution in [3.8, 4) is 0 Å². The zero-order chi connectivity index (χ0) is 14.5. The van der Waals surface area contributed by atoms with Crippen LogP contribution >= 0.6 is 0 Å². The zero-order valence-corrected chi connectivity index (χ0v) is 12.8. The zero-order valence-electron chi connectivity index (χ0n) is 12.8. The molecule has 4 heteroatoms. The Morgan fingerprint density at radius 2 is 2.15 bits per heavy atom. The molecule has 1 aromatic heterocycles. The van der Waals surface area contributed by atoms with Crippen molar-refractivity contribution in [2.75, 3.05) is 25.0 Å². The fourth-order valence-corrected chi connectivity index (χ4v) is 2.29. The van der Waals surface area contributed by atoms with Crippen LogP contribution in [0.3, 0.4) is 0 Å². The highest BCUT2D eigenvalue weighted by molar-refractivity contribution is 5.95. The molecule has 1 aliphatic carbocycles. The van der Waals surface area contributed by atoms with Gasteiger partial charge in [0.1, 0.15) is 5.82 Å². The standard InChI is InChI=1S/C16H25N3O/c1-4-8-17-15-10-14(9-12(3)18-15)16(20)19(5-2)11-13-6-7-13/h9-10,13H,4-8,11H2,1-3H3,(H,17,18). The van der Waals surface area contributed by atoms with E-state index in [0.717, 1.165) is 49.0 Å². The Morgan fingerprint density at radius 3 is 2.75 bits per heavy atom. The lowest BCUT2D eigenvalue weighted by atomic mass is 10.2. The van der Waals surface area contributed by atoms with Crippen LogP contribution in [0.2, 0.25) is 0 Å². The predicted molar refractivity (Wildman–Crippen MR) is 82.1 cm³/mol. The minimum atomic E-state index is 0.129. The second-order valence-electron chi connectivity index (χ2n) is 5.60. The van der Waals surface area contributed by atoms with Gasteiger partial charge in [0.15, 0.2) is 0 Å². The Hall–Kier alpha value is -1.58. The summed E-state index contributed by atoms with van der Waals surface area (Å²) in [7, 11) is 0. The van der Waals surface area contributed by atoms with Gasteiger partial charge in [-0.3, -0.25) is 4.79 Å². The van der Waals surface area contributed by atoms with Crippen LogP contribution in [-0.4, -0.2) is 35.4 Å². The van der Waals surface area contributed by atoms with Crippen molar-refractivity contribution in [1.82, 2.24) is 9.88 Å². The molecule has 4 nitrogen and oxygen atoms in total. The van der Waals surface area contributed by atoms with Crippen LogP contribution in [-0.2, 0) is 0 Å². The van der Waals surface area contributed by atoms with E-state index in [9.17, 15) is 4.79 Å². The lowest BCUT2D eigenvalue weighted by Gasteiger charge is -2.21. The van der Waals surface area contributed by atoms with Gasteiger partial charge in [-0.2, -0.15) is 0 Å². The van der Waals surface area contributed by atoms with E-state index in [1.807, 2.05) is 30.9 Å². The Morgan fingerprint density at radius 1 is 1.40 bits per heavy atom. The number of aromatic nitrogens is 1.